The standard InChI is InChI=1S/C13H15N3O2S.CH4N2O/c1-9(2)19(17,18)11-5-3-10(4-6-11)12-7-16-13(14)8-15-12;2-3-1-4/h3-9H,1-2H3,(H2,14,16);1H,2H2,(H,3,4). The minimum Gasteiger partial charge on any atom is -0.382 e. The average Bonchev–Trinajstić information content (AvgIpc) is 2.56. The van der Waals surface area contributed by atoms with Crippen molar-refractivity contribution in [1.29, 1.82) is 0 Å². The van der Waals surface area contributed by atoms with Crippen LogP contribution in [0, 0.1) is 0 Å². The quantitative estimate of drug-likeness (QED) is 0.319. The van der Waals surface area contributed by atoms with Gasteiger partial charge in [-0.25, -0.2) is 19.2 Å². The number of rotatable bonds is 4. The Balaban J connectivity index is 0.000000593. The lowest BCUT2D eigenvalue weighted by atomic mass is 10.2. The SMILES string of the molecule is CC(C)S(=O)(=O)c1ccc(-c2cnc(N)cn2)cc1.NNC=O. The highest BCUT2D eigenvalue weighted by Gasteiger charge is 2.18. The third-order valence-electron chi connectivity index (χ3n) is 2.84. The van der Waals surface area contributed by atoms with Gasteiger partial charge in [0, 0.05) is 5.56 Å². The van der Waals surface area contributed by atoms with E-state index in [1.54, 1.807) is 49.7 Å². The lowest BCUT2D eigenvalue weighted by molar-refractivity contribution is -0.109. The summed E-state index contributed by atoms with van der Waals surface area (Å²) in [5.74, 6) is 4.76. The van der Waals surface area contributed by atoms with E-state index in [4.69, 9.17) is 10.5 Å². The minimum atomic E-state index is -3.24. The Morgan fingerprint density at radius 2 is 1.70 bits per heavy atom. The number of amides is 1. The number of hydrogen-bond acceptors (Lipinski definition) is 7. The monoisotopic (exact) mass is 337 g/mol. The number of sulfone groups is 1. The van der Waals surface area contributed by atoms with Gasteiger partial charge in [0.25, 0.3) is 0 Å². The first-order valence-corrected chi connectivity index (χ1v) is 8.19. The highest BCUT2D eigenvalue weighted by molar-refractivity contribution is 7.92. The number of hydrogen-bond donors (Lipinski definition) is 3. The Kier molecular flexibility index (Phi) is 6.61. The zero-order valence-corrected chi connectivity index (χ0v) is 13.6. The second-order valence-electron chi connectivity index (χ2n) is 4.73. The minimum absolute atomic E-state index is 0.314. The molecule has 0 saturated carbocycles. The summed E-state index contributed by atoms with van der Waals surface area (Å²) in [6.45, 7) is 3.32. The number of carbonyl (C=O) groups excluding carboxylic acids is 1. The Morgan fingerprint density at radius 1 is 1.13 bits per heavy atom. The first kappa shape index (κ1) is 18.5. The van der Waals surface area contributed by atoms with Crippen LogP contribution < -0.4 is 17.0 Å². The second-order valence-corrected chi connectivity index (χ2v) is 7.23. The predicted molar refractivity (Wildman–Crippen MR) is 87.6 cm³/mol. The largest absolute Gasteiger partial charge is 0.382 e. The molecule has 0 fully saturated rings. The van der Waals surface area contributed by atoms with Crippen LogP contribution in [0.1, 0.15) is 13.8 Å². The van der Waals surface area contributed by atoms with Crippen LogP contribution in [0.25, 0.3) is 11.3 Å². The van der Waals surface area contributed by atoms with Crippen LogP contribution in [-0.4, -0.2) is 30.0 Å². The molecule has 2 rings (SSSR count). The summed E-state index contributed by atoms with van der Waals surface area (Å²) in [4.78, 5) is 17.3. The van der Waals surface area contributed by atoms with Crippen molar-refractivity contribution in [3.8, 4) is 11.3 Å². The van der Waals surface area contributed by atoms with E-state index in [2.05, 4.69) is 15.8 Å². The van der Waals surface area contributed by atoms with Crippen molar-refractivity contribution in [3.05, 3.63) is 36.7 Å². The summed E-state index contributed by atoms with van der Waals surface area (Å²) >= 11 is 0. The molecular weight excluding hydrogens is 318 g/mol. The van der Waals surface area contributed by atoms with Gasteiger partial charge in [0.2, 0.25) is 6.41 Å². The molecule has 9 heteroatoms. The van der Waals surface area contributed by atoms with Crippen molar-refractivity contribution in [1.82, 2.24) is 15.4 Å². The first-order chi connectivity index (χ1) is 10.8. The molecule has 124 valence electrons. The van der Waals surface area contributed by atoms with Crippen molar-refractivity contribution < 1.29 is 13.2 Å². The highest BCUT2D eigenvalue weighted by atomic mass is 32.2. The number of benzene rings is 1. The average molecular weight is 337 g/mol. The lowest BCUT2D eigenvalue weighted by Gasteiger charge is -2.08. The Morgan fingerprint density at radius 3 is 2.09 bits per heavy atom. The molecule has 2 aromatic rings. The van der Waals surface area contributed by atoms with Crippen molar-refractivity contribution in [3.63, 3.8) is 0 Å². The summed E-state index contributed by atoms with van der Waals surface area (Å²) in [7, 11) is -3.24. The maximum absolute atomic E-state index is 12.0. The summed E-state index contributed by atoms with van der Waals surface area (Å²) in [6, 6.07) is 6.61. The number of carbonyl (C=O) groups is 1. The molecule has 0 saturated heterocycles. The first-order valence-electron chi connectivity index (χ1n) is 6.64. The molecule has 0 aliphatic rings. The summed E-state index contributed by atoms with van der Waals surface area (Å²) < 4.78 is 24.0. The summed E-state index contributed by atoms with van der Waals surface area (Å²) in [6.07, 6.45) is 3.43. The van der Waals surface area contributed by atoms with Gasteiger partial charge in [0.1, 0.15) is 5.82 Å². The van der Waals surface area contributed by atoms with Gasteiger partial charge < -0.3 is 5.73 Å². The molecule has 0 atom stereocenters. The number of nitrogens with zero attached hydrogens (tertiary/aromatic N) is 2. The number of nitrogens with two attached hydrogens (primary N) is 2. The van der Waals surface area contributed by atoms with E-state index in [9.17, 15) is 8.42 Å². The molecule has 0 aliphatic heterocycles. The maximum atomic E-state index is 12.0. The van der Waals surface area contributed by atoms with Gasteiger partial charge in [-0.05, 0) is 26.0 Å². The second kappa shape index (κ2) is 8.20. The van der Waals surface area contributed by atoms with E-state index in [0.29, 0.717) is 22.8 Å². The van der Waals surface area contributed by atoms with Gasteiger partial charge in [-0.2, -0.15) is 0 Å². The van der Waals surface area contributed by atoms with Gasteiger partial charge in [-0.1, -0.05) is 12.1 Å². The van der Waals surface area contributed by atoms with Crippen LogP contribution >= 0.6 is 0 Å². The van der Waals surface area contributed by atoms with Gasteiger partial charge >= 0.3 is 0 Å². The van der Waals surface area contributed by atoms with E-state index in [0.717, 1.165) is 5.56 Å². The summed E-state index contributed by atoms with van der Waals surface area (Å²) in [5, 5.41) is -0.435. The molecule has 0 bridgehead atoms. The number of aromatic nitrogens is 2. The molecule has 1 aromatic heterocycles. The van der Waals surface area contributed by atoms with Crippen molar-refractivity contribution in [2.75, 3.05) is 5.73 Å². The normalized spacial score (nSPS) is 10.6. The fraction of sp³-hybridized carbons (Fsp3) is 0.214. The van der Waals surface area contributed by atoms with Gasteiger partial charge in [0.05, 0.1) is 28.2 Å². The van der Waals surface area contributed by atoms with E-state index in [-0.39, 0.29) is 0 Å². The smallest absolute Gasteiger partial charge is 0.221 e. The van der Waals surface area contributed by atoms with Crippen LogP contribution in [0.4, 0.5) is 5.82 Å². The van der Waals surface area contributed by atoms with Gasteiger partial charge in [-0.15, -0.1) is 0 Å². The molecule has 1 heterocycles. The number of hydrazine groups is 1. The number of anilines is 1. The predicted octanol–water partition coefficient (Wildman–Crippen LogP) is 0.514. The molecular formula is C14H19N5O3S. The third kappa shape index (κ3) is 5.01. The van der Waals surface area contributed by atoms with Gasteiger partial charge in [-0.3, -0.25) is 15.2 Å². The van der Waals surface area contributed by atoms with Crippen LogP contribution in [-0.2, 0) is 14.6 Å². The van der Waals surface area contributed by atoms with E-state index < -0.39 is 15.1 Å². The maximum Gasteiger partial charge on any atom is 0.221 e. The van der Waals surface area contributed by atoms with E-state index in [1.807, 2.05) is 0 Å². The lowest BCUT2D eigenvalue weighted by Crippen LogP contribution is -2.18. The highest BCUT2D eigenvalue weighted by Crippen LogP contribution is 2.21. The third-order valence-corrected chi connectivity index (χ3v) is 5.01. The molecule has 23 heavy (non-hydrogen) atoms. The molecule has 1 aromatic carbocycles. The molecule has 0 radical (unpaired) electrons. The van der Waals surface area contributed by atoms with Crippen molar-refractivity contribution in [2.45, 2.75) is 24.0 Å². The Hall–Kier alpha value is -2.52. The number of nitrogen functional groups attached to an aromatic ring is 1. The van der Waals surface area contributed by atoms with Crippen LogP contribution in [0.5, 0.6) is 0 Å². The van der Waals surface area contributed by atoms with Crippen LogP contribution in [0.3, 0.4) is 0 Å². The molecule has 5 N–H and O–H groups in total. The Bertz CT molecular complexity index is 728. The zero-order chi connectivity index (χ0) is 17.5. The van der Waals surface area contributed by atoms with Gasteiger partial charge in [0.15, 0.2) is 9.84 Å². The van der Waals surface area contributed by atoms with Crippen molar-refractivity contribution >= 4 is 22.1 Å². The van der Waals surface area contributed by atoms with E-state index in [1.165, 1.54) is 6.20 Å². The molecule has 0 spiro atoms. The molecule has 0 unspecified atom stereocenters. The molecule has 8 nitrogen and oxygen atoms in total. The zero-order valence-electron chi connectivity index (χ0n) is 12.8. The summed E-state index contributed by atoms with van der Waals surface area (Å²) in [5.41, 5.74) is 8.67. The Labute approximate surface area is 134 Å². The molecule has 1 amide bonds. The fourth-order valence-electron chi connectivity index (χ4n) is 1.57. The van der Waals surface area contributed by atoms with Crippen LogP contribution in [0.15, 0.2) is 41.6 Å². The van der Waals surface area contributed by atoms with Crippen molar-refractivity contribution in [2.24, 2.45) is 5.84 Å². The topological polar surface area (TPSA) is 141 Å². The number of nitrogens with one attached hydrogen (secondary N) is 1. The van der Waals surface area contributed by atoms with Crippen LogP contribution in [0.2, 0.25) is 0 Å². The molecule has 0 aliphatic carbocycles. The van der Waals surface area contributed by atoms with E-state index >= 15 is 0 Å². The fourth-order valence-corrected chi connectivity index (χ4v) is 2.63.